The van der Waals surface area contributed by atoms with Crippen LogP contribution in [0.25, 0.3) is 0 Å². The van der Waals surface area contributed by atoms with E-state index < -0.39 is 11.9 Å². The second-order valence-electron chi connectivity index (χ2n) is 8.56. The van der Waals surface area contributed by atoms with Crippen molar-refractivity contribution >= 4 is 29.2 Å². The molecule has 172 valence electrons. The van der Waals surface area contributed by atoms with E-state index >= 15 is 0 Å². The van der Waals surface area contributed by atoms with Crippen molar-refractivity contribution in [3.8, 4) is 0 Å². The number of halogens is 3. The molecular weight excluding hydrogens is 425 g/mol. The average molecular weight is 450 g/mol. The molecule has 4 rings (SSSR count). The summed E-state index contributed by atoms with van der Waals surface area (Å²) in [7, 11) is 1.85. The van der Waals surface area contributed by atoms with E-state index in [-0.39, 0.29) is 35.8 Å². The molecule has 12 heteroatoms. The number of aryl methyl sites for hydroxylation is 1. The summed E-state index contributed by atoms with van der Waals surface area (Å²) in [5.41, 5.74) is 0.296. The normalized spacial score (nSPS) is 22.8. The summed E-state index contributed by atoms with van der Waals surface area (Å²) in [5.74, 6) is 1.30. The zero-order valence-corrected chi connectivity index (χ0v) is 18.2. The van der Waals surface area contributed by atoms with Crippen molar-refractivity contribution in [2.45, 2.75) is 57.9 Å². The van der Waals surface area contributed by atoms with Gasteiger partial charge in [-0.2, -0.15) is 18.2 Å². The number of fused-ring (bicyclic) bond motifs is 1. The van der Waals surface area contributed by atoms with Crippen LogP contribution in [0.4, 0.5) is 36.4 Å². The van der Waals surface area contributed by atoms with Crippen molar-refractivity contribution in [3.63, 3.8) is 0 Å². The molecule has 2 aliphatic rings. The number of hydrogen-bond donors (Lipinski definition) is 3. The number of carbonyl (C=O) groups is 1. The second kappa shape index (κ2) is 8.06. The monoisotopic (exact) mass is 450 g/mol. The number of nitrogens with one attached hydrogen (secondary N) is 3. The van der Waals surface area contributed by atoms with Crippen LogP contribution in [0.15, 0.2) is 12.4 Å². The number of anilines is 4. The predicted octanol–water partition coefficient (Wildman–Crippen LogP) is 3.06. The number of amides is 1. The first-order chi connectivity index (χ1) is 15.0. The second-order valence-corrected chi connectivity index (χ2v) is 8.56. The minimum atomic E-state index is -4.51. The molecule has 0 aromatic carbocycles. The van der Waals surface area contributed by atoms with Gasteiger partial charge in [0, 0.05) is 25.2 Å². The van der Waals surface area contributed by atoms with Crippen molar-refractivity contribution < 1.29 is 18.0 Å². The molecule has 0 saturated heterocycles. The number of carbonyl (C=O) groups excluding carboxylic acids is 1. The minimum Gasteiger partial charge on any atom is -0.367 e. The molecule has 9 nitrogen and oxygen atoms in total. The Morgan fingerprint density at radius 3 is 2.50 bits per heavy atom. The van der Waals surface area contributed by atoms with Crippen LogP contribution in [0.5, 0.6) is 0 Å². The summed E-state index contributed by atoms with van der Waals surface area (Å²) in [6.07, 6.45) is -2.26. The zero-order chi connectivity index (χ0) is 23.2. The van der Waals surface area contributed by atoms with E-state index in [9.17, 15) is 18.0 Å². The van der Waals surface area contributed by atoms with Crippen LogP contribution in [0.2, 0.25) is 0 Å². The molecule has 3 N–H and O–H groups in total. The van der Waals surface area contributed by atoms with Gasteiger partial charge in [-0.3, -0.25) is 4.79 Å². The Morgan fingerprint density at radius 2 is 1.84 bits per heavy atom. The minimum absolute atomic E-state index is 0.0190. The molecule has 1 amide bonds. The van der Waals surface area contributed by atoms with Gasteiger partial charge in [0.15, 0.2) is 5.82 Å². The fourth-order valence-electron chi connectivity index (χ4n) is 4.12. The van der Waals surface area contributed by atoms with Gasteiger partial charge in [0.05, 0.1) is 5.69 Å². The van der Waals surface area contributed by atoms with Gasteiger partial charge in [-0.1, -0.05) is 13.8 Å². The third-order valence-electron chi connectivity index (χ3n) is 5.75. The Labute approximate surface area is 183 Å². The lowest BCUT2D eigenvalue weighted by atomic mass is 9.87. The summed E-state index contributed by atoms with van der Waals surface area (Å²) in [5, 5.41) is 9.21. The summed E-state index contributed by atoms with van der Waals surface area (Å²) >= 11 is 0. The highest BCUT2D eigenvalue weighted by Gasteiger charge is 2.37. The van der Waals surface area contributed by atoms with Crippen molar-refractivity contribution in [2.24, 2.45) is 5.92 Å². The number of hydrogen-bond acceptors (Lipinski definition) is 8. The first kappa shape index (κ1) is 22.0. The molecule has 32 heavy (non-hydrogen) atoms. The van der Waals surface area contributed by atoms with Gasteiger partial charge < -0.3 is 20.9 Å². The van der Waals surface area contributed by atoms with E-state index in [2.05, 4.69) is 35.9 Å². The molecule has 0 spiro atoms. The summed E-state index contributed by atoms with van der Waals surface area (Å²) in [4.78, 5) is 30.5. The molecule has 1 fully saturated rings. The molecule has 1 aliphatic heterocycles. The van der Waals surface area contributed by atoms with Crippen LogP contribution in [0.3, 0.4) is 0 Å². The van der Waals surface area contributed by atoms with E-state index in [1.54, 1.807) is 0 Å². The Hall–Kier alpha value is -3.18. The highest BCUT2D eigenvalue weighted by molar-refractivity contribution is 6.03. The number of rotatable bonds is 5. The van der Waals surface area contributed by atoms with Gasteiger partial charge in [-0.15, -0.1) is 0 Å². The topological polar surface area (TPSA) is 108 Å². The van der Waals surface area contributed by atoms with Gasteiger partial charge >= 0.3 is 6.18 Å². The molecule has 3 heterocycles. The van der Waals surface area contributed by atoms with Crippen molar-refractivity contribution in [1.82, 2.24) is 19.9 Å². The number of aromatic nitrogens is 4. The van der Waals surface area contributed by atoms with E-state index in [1.807, 2.05) is 32.7 Å². The molecule has 2 aromatic rings. The number of alkyl halides is 3. The third-order valence-corrected chi connectivity index (χ3v) is 5.75. The first-order valence-corrected chi connectivity index (χ1v) is 10.4. The molecule has 1 saturated carbocycles. The van der Waals surface area contributed by atoms with Crippen LogP contribution in [0.1, 0.15) is 38.1 Å². The van der Waals surface area contributed by atoms with Crippen LogP contribution in [-0.2, 0) is 11.0 Å². The maximum Gasteiger partial charge on any atom is 0.433 e. The highest BCUT2D eigenvalue weighted by atomic mass is 19.4. The number of likely N-dealkylation sites (N-methyl/N-ethyl adjacent to an activating group) is 1. The Kier molecular flexibility index (Phi) is 5.55. The highest BCUT2D eigenvalue weighted by Crippen LogP contribution is 2.35. The lowest BCUT2D eigenvalue weighted by Crippen LogP contribution is -2.50. The zero-order valence-electron chi connectivity index (χ0n) is 18.2. The quantitative estimate of drug-likeness (QED) is 0.638. The SMILES string of the molecule is Cc1nc(N[C@H]2C[C@H](Nc3cc(C(F)(F)F)ncn3)C2)nc2c1NC(=O)C(C(C)C)N2C. The first-order valence-electron chi connectivity index (χ1n) is 10.4. The van der Waals surface area contributed by atoms with Gasteiger partial charge in [0.2, 0.25) is 11.9 Å². The van der Waals surface area contributed by atoms with Crippen molar-refractivity contribution in [3.05, 3.63) is 23.8 Å². The van der Waals surface area contributed by atoms with E-state index in [0.29, 0.717) is 36.0 Å². The van der Waals surface area contributed by atoms with Crippen LogP contribution >= 0.6 is 0 Å². The van der Waals surface area contributed by atoms with Gasteiger partial charge in [0.1, 0.15) is 29.6 Å². The van der Waals surface area contributed by atoms with Crippen LogP contribution in [-0.4, -0.2) is 51.0 Å². The molecule has 0 bridgehead atoms. The van der Waals surface area contributed by atoms with Gasteiger partial charge in [-0.25, -0.2) is 15.0 Å². The maximum absolute atomic E-state index is 12.8. The van der Waals surface area contributed by atoms with E-state index in [1.165, 1.54) is 0 Å². The summed E-state index contributed by atoms with van der Waals surface area (Å²) < 4.78 is 38.4. The lowest BCUT2D eigenvalue weighted by Gasteiger charge is -2.38. The maximum atomic E-state index is 12.8. The molecule has 1 atom stereocenters. The van der Waals surface area contributed by atoms with E-state index in [0.717, 1.165) is 12.4 Å². The molecule has 0 radical (unpaired) electrons. The lowest BCUT2D eigenvalue weighted by molar-refractivity contribution is -0.141. The molecule has 2 aromatic heterocycles. The fraction of sp³-hybridized carbons (Fsp3) is 0.550. The van der Waals surface area contributed by atoms with Gasteiger partial charge in [0.25, 0.3) is 0 Å². The summed E-state index contributed by atoms with van der Waals surface area (Å²) in [6, 6.07) is 0.635. The smallest absolute Gasteiger partial charge is 0.367 e. The number of nitrogens with zero attached hydrogens (tertiary/aromatic N) is 5. The van der Waals surface area contributed by atoms with Gasteiger partial charge in [-0.05, 0) is 25.7 Å². The Balaban J connectivity index is 1.40. The average Bonchev–Trinajstić information content (AvgIpc) is 2.66. The molecule has 1 unspecified atom stereocenters. The molecule has 1 aliphatic carbocycles. The molecular formula is C20H25F3N8O. The largest absolute Gasteiger partial charge is 0.433 e. The predicted molar refractivity (Wildman–Crippen MR) is 114 cm³/mol. The van der Waals surface area contributed by atoms with Crippen molar-refractivity contribution in [2.75, 3.05) is 27.9 Å². The summed E-state index contributed by atoms with van der Waals surface area (Å²) in [6.45, 7) is 5.78. The van der Waals surface area contributed by atoms with Crippen molar-refractivity contribution in [1.29, 1.82) is 0 Å². The van der Waals surface area contributed by atoms with E-state index in [4.69, 9.17) is 0 Å². The third kappa shape index (κ3) is 4.26. The Morgan fingerprint density at radius 1 is 1.16 bits per heavy atom. The van der Waals surface area contributed by atoms with Crippen LogP contribution in [0, 0.1) is 12.8 Å². The standard InChI is InChI=1S/C20H25F3N8O/c1-9(2)16-18(32)29-15-10(3)26-19(30-17(15)31(16)4)28-12-5-11(6-12)27-14-7-13(20(21,22)23)24-8-25-14/h7-9,11-12,16H,5-6H2,1-4H3,(H,29,32)(H,24,25,27)(H,26,28,30)/t11-,12-,16?. The Bertz CT molecular complexity index is 1020. The van der Waals surface area contributed by atoms with Crippen LogP contribution < -0.4 is 20.9 Å². The fourth-order valence-corrected chi connectivity index (χ4v) is 4.12.